The van der Waals surface area contributed by atoms with E-state index in [4.69, 9.17) is 0 Å². The molecule has 0 heterocycles. The number of benzene rings is 4. The monoisotopic (exact) mass is 699 g/mol. The zero-order valence-electron chi connectivity index (χ0n) is 21.3. The minimum absolute atomic E-state index is 0. The molecule has 0 nitrogen and oxygen atoms in total. The number of rotatable bonds is 7. The van der Waals surface area contributed by atoms with E-state index < -0.39 is 0 Å². The Balaban J connectivity index is 0.000000363. The van der Waals surface area contributed by atoms with Gasteiger partial charge in [0.25, 0.3) is 0 Å². The summed E-state index contributed by atoms with van der Waals surface area (Å²) < 4.78 is 0. The van der Waals surface area contributed by atoms with Crippen molar-refractivity contribution in [3.05, 3.63) is 146 Å². The third-order valence-electron chi connectivity index (χ3n) is 6.15. The molecule has 1 radical (unpaired) electrons. The number of allylic oxidation sites excluding steroid dienone is 4. The molecule has 0 saturated carbocycles. The average Bonchev–Trinajstić information content (AvgIpc) is 2.93. The summed E-state index contributed by atoms with van der Waals surface area (Å²) in [5, 5.41) is 5.89. The zero-order chi connectivity index (χ0) is 24.7. The molecule has 5 rings (SSSR count). The predicted molar refractivity (Wildman–Crippen MR) is 165 cm³/mol. The van der Waals surface area contributed by atoms with Gasteiger partial charge in [0.1, 0.15) is 0 Å². The maximum absolute atomic E-state index is 2.30. The Morgan fingerprint density at radius 3 is 0.784 bits per heavy atom. The molecule has 0 N–H and O–H groups in total. The van der Waals surface area contributed by atoms with E-state index in [0.29, 0.717) is 0 Å². The minimum Gasteiger partial charge on any atom is -0.0882 e. The van der Waals surface area contributed by atoms with Crippen LogP contribution in [0.1, 0.15) is 25.7 Å². The second-order valence-electron chi connectivity index (χ2n) is 8.74. The van der Waals surface area contributed by atoms with Crippen LogP contribution in [0.4, 0.5) is 0 Å². The van der Waals surface area contributed by atoms with Crippen molar-refractivity contribution >= 4 is 37.1 Å². The van der Waals surface area contributed by atoms with E-state index in [2.05, 4.69) is 146 Å². The number of hydrogen-bond acceptors (Lipinski definition) is 0. The topological polar surface area (TPSA) is 0 Å². The summed E-state index contributed by atoms with van der Waals surface area (Å²) in [6, 6.07) is 44.2. The van der Waals surface area contributed by atoms with Crippen LogP contribution in [0.25, 0.3) is 0 Å². The zero-order valence-corrected chi connectivity index (χ0v) is 25.5. The quantitative estimate of drug-likeness (QED) is 0.136. The normalized spacial score (nSPS) is 14.4. The van der Waals surface area contributed by atoms with Crippen molar-refractivity contribution in [3.8, 4) is 0 Å². The van der Waals surface area contributed by atoms with Gasteiger partial charge >= 0.3 is 0 Å². The molecule has 0 bridgehead atoms. The molecule has 37 heavy (non-hydrogen) atoms. The van der Waals surface area contributed by atoms with Crippen molar-refractivity contribution in [1.82, 2.24) is 0 Å². The third-order valence-corrected chi connectivity index (χ3v) is 11.5. The first-order chi connectivity index (χ1) is 17.9. The largest absolute Gasteiger partial charge is 0.0882 e. The van der Waals surface area contributed by atoms with Crippen LogP contribution in [0.3, 0.4) is 0 Å². The Labute approximate surface area is 239 Å². The van der Waals surface area contributed by atoms with Gasteiger partial charge in [0.05, 0.1) is 0 Å². The molecule has 0 amide bonds. The summed E-state index contributed by atoms with van der Waals surface area (Å²) in [6.07, 6.45) is 16.4. The van der Waals surface area contributed by atoms with Crippen molar-refractivity contribution in [3.63, 3.8) is 0 Å². The predicted octanol–water partition coefficient (Wildman–Crippen LogP) is 7.92. The summed E-state index contributed by atoms with van der Waals surface area (Å²) in [5.41, 5.74) is 0. The summed E-state index contributed by atoms with van der Waals surface area (Å²) in [5.74, 6) is 0. The summed E-state index contributed by atoms with van der Waals surface area (Å²) in [6.45, 7) is 0. The Morgan fingerprint density at radius 2 is 0.568 bits per heavy atom. The molecule has 1 aliphatic carbocycles. The van der Waals surface area contributed by atoms with Crippen molar-refractivity contribution in [2.45, 2.75) is 25.7 Å². The van der Waals surface area contributed by atoms with Crippen LogP contribution >= 0.6 is 15.8 Å². The molecule has 4 aromatic rings. The van der Waals surface area contributed by atoms with Crippen LogP contribution in [-0.2, 0) is 20.1 Å². The fraction of sp³-hybridized carbons (Fsp3) is 0.176. The van der Waals surface area contributed by atoms with Crippen LogP contribution in [-0.4, -0.2) is 12.3 Å². The van der Waals surface area contributed by atoms with Crippen LogP contribution in [0, 0.1) is 0 Å². The fourth-order valence-corrected chi connectivity index (χ4v) is 9.66. The molecular formula is C34H36IrP2. The first-order valence-corrected chi connectivity index (χ1v) is 16.0. The molecule has 3 heteroatoms. The summed E-state index contributed by atoms with van der Waals surface area (Å²) in [7, 11) is -0.696. The van der Waals surface area contributed by atoms with Crippen molar-refractivity contribution in [2.75, 3.05) is 12.3 Å². The van der Waals surface area contributed by atoms with Gasteiger partial charge in [-0.3, -0.25) is 0 Å². The molecule has 0 fully saturated rings. The molecule has 191 valence electrons. The maximum atomic E-state index is 2.30. The second-order valence-corrected chi connectivity index (χ2v) is 13.4. The Bertz CT molecular complexity index is 988. The standard InChI is InChI=1S/C26H24P2.C8H12.Ir/c1-5-13-23(14-6-1)27(24-15-7-2-8-16-24)21-22-28(25-17-9-3-10-18-25)26-19-11-4-12-20-26;1-2-4-6-8-7-5-3-1;/h1-20H,21-22H2;1-2,7-8H,3-6H2;/b;2-1-,8-7-;. The van der Waals surface area contributed by atoms with E-state index in [9.17, 15) is 0 Å². The molecule has 0 aliphatic heterocycles. The summed E-state index contributed by atoms with van der Waals surface area (Å²) >= 11 is 0. The average molecular weight is 699 g/mol. The minimum atomic E-state index is -0.348. The van der Waals surface area contributed by atoms with Gasteiger partial charge in [-0.15, -0.1) is 0 Å². The third kappa shape index (κ3) is 9.93. The smallest absolute Gasteiger partial charge is 0 e. The maximum Gasteiger partial charge on any atom is 0 e. The Morgan fingerprint density at radius 1 is 0.351 bits per heavy atom. The van der Waals surface area contributed by atoms with Gasteiger partial charge in [-0.05, 0) is 75.1 Å². The molecule has 0 unspecified atom stereocenters. The van der Waals surface area contributed by atoms with E-state index in [1.807, 2.05) is 0 Å². The molecule has 0 saturated heterocycles. The van der Waals surface area contributed by atoms with Gasteiger partial charge in [0, 0.05) is 20.1 Å². The van der Waals surface area contributed by atoms with Gasteiger partial charge < -0.3 is 0 Å². The Kier molecular flexibility index (Phi) is 13.8. The van der Waals surface area contributed by atoms with Crippen LogP contribution in [0.5, 0.6) is 0 Å². The molecule has 0 aromatic heterocycles. The van der Waals surface area contributed by atoms with E-state index >= 15 is 0 Å². The first kappa shape index (κ1) is 29.4. The van der Waals surface area contributed by atoms with E-state index in [0.717, 1.165) is 0 Å². The van der Waals surface area contributed by atoms with Crippen LogP contribution < -0.4 is 21.2 Å². The second kappa shape index (κ2) is 17.4. The van der Waals surface area contributed by atoms with Crippen LogP contribution in [0.15, 0.2) is 146 Å². The summed E-state index contributed by atoms with van der Waals surface area (Å²) in [4.78, 5) is 0. The van der Waals surface area contributed by atoms with Gasteiger partial charge in [-0.2, -0.15) is 0 Å². The van der Waals surface area contributed by atoms with Gasteiger partial charge in [-0.25, -0.2) is 0 Å². The van der Waals surface area contributed by atoms with Gasteiger partial charge in [-0.1, -0.05) is 146 Å². The first-order valence-electron chi connectivity index (χ1n) is 13.0. The van der Waals surface area contributed by atoms with Crippen molar-refractivity contribution in [1.29, 1.82) is 0 Å². The van der Waals surface area contributed by atoms with Crippen molar-refractivity contribution in [2.24, 2.45) is 0 Å². The SMILES string of the molecule is C1=C\CC/C=C\CC/1.[Ir].c1ccc(P(CCP(c2ccccc2)c2ccccc2)c2ccccc2)cc1. The molecule has 4 aromatic carbocycles. The van der Waals surface area contributed by atoms with E-state index in [1.165, 1.54) is 59.2 Å². The van der Waals surface area contributed by atoms with E-state index in [-0.39, 0.29) is 35.9 Å². The van der Waals surface area contributed by atoms with Gasteiger partial charge in [0.15, 0.2) is 0 Å². The fourth-order valence-electron chi connectivity index (χ4n) is 4.30. The molecule has 0 atom stereocenters. The Hall–Kier alpha value is -2.13. The van der Waals surface area contributed by atoms with Crippen molar-refractivity contribution < 1.29 is 20.1 Å². The number of hydrogen-bond donors (Lipinski definition) is 0. The van der Waals surface area contributed by atoms with E-state index in [1.54, 1.807) is 0 Å². The van der Waals surface area contributed by atoms with Crippen LogP contribution in [0.2, 0.25) is 0 Å². The molecule has 0 spiro atoms. The van der Waals surface area contributed by atoms with Gasteiger partial charge in [0.2, 0.25) is 0 Å². The molecular weight excluding hydrogens is 663 g/mol. The molecule has 1 aliphatic rings.